The predicted octanol–water partition coefficient (Wildman–Crippen LogP) is 4.05. The van der Waals surface area contributed by atoms with Gasteiger partial charge in [0.15, 0.2) is 0 Å². The third kappa shape index (κ3) is 6.55. The Bertz CT molecular complexity index is 337. The van der Waals surface area contributed by atoms with Crippen LogP contribution in [0.1, 0.15) is 38.7 Å². The Balaban J connectivity index is 2.50. The summed E-state index contributed by atoms with van der Waals surface area (Å²) >= 11 is 3.48. The van der Waals surface area contributed by atoms with Gasteiger partial charge in [-0.1, -0.05) is 48.3 Å². The number of rotatable bonds is 9. The van der Waals surface area contributed by atoms with Gasteiger partial charge >= 0.3 is 0 Å². The lowest BCUT2D eigenvalue weighted by Gasteiger charge is -2.28. The summed E-state index contributed by atoms with van der Waals surface area (Å²) in [5.74, 6) is 0. The van der Waals surface area contributed by atoms with Crippen LogP contribution in [0.4, 0.5) is 0 Å². The molecule has 0 amide bonds. The molecule has 0 aliphatic heterocycles. The van der Waals surface area contributed by atoms with Crippen molar-refractivity contribution in [2.45, 2.75) is 45.7 Å². The van der Waals surface area contributed by atoms with Crippen molar-refractivity contribution in [2.75, 3.05) is 20.1 Å². The molecule has 2 nitrogen and oxygen atoms in total. The Morgan fingerprint density at radius 3 is 2.42 bits per heavy atom. The molecule has 0 saturated carbocycles. The molecule has 1 unspecified atom stereocenters. The molecule has 1 rings (SSSR count). The van der Waals surface area contributed by atoms with E-state index in [4.69, 9.17) is 0 Å². The van der Waals surface area contributed by atoms with Gasteiger partial charge in [0.25, 0.3) is 0 Å². The van der Waals surface area contributed by atoms with Crippen molar-refractivity contribution in [3.05, 3.63) is 34.3 Å². The molecule has 3 heteroatoms. The fourth-order valence-electron chi connectivity index (χ4n) is 2.26. The normalized spacial score (nSPS) is 12.9. The Hall–Kier alpha value is -0.380. The summed E-state index contributed by atoms with van der Waals surface area (Å²) < 4.78 is 1.15. The number of nitrogens with one attached hydrogen (secondary N) is 1. The molecule has 1 aromatic carbocycles. The van der Waals surface area contributed by atoms with Crippen LogP contribution < -0.4 is 5.32 Å². The highest BCUT2D eigenvalue weighted by atomic mass is 79.9. The Labute approximate surface area is 126 Å². The zero-order chi connectivity index (χ0) is 14.1. The lowest BCUT2D eigenvalue weighted by molar-refractivity contribution is 0.215. The summed E-state index contributed by atoms with van der Waals surface area (Å²) in [7, 11) is 2.23. The van der Waals surface area contributed by atoms with Crippen LogP contribution in [-0.2, 0) is 6.54 Å². The minimum absolute atomic E-state index is 0.625. The fraction of sp³-hybridized carbons (Fsp3) is 0.625. The van der Waals surface area contributed by atoms with Crippen LogP contribution in [-0.4, -0.2) is 31.1 Å². The second-order valence-electron chi connectivity index (χ2n) is 5.19. The van der Waals surface area contributed by atoms with E-state index in [1.165, 1.54) is 24.8 Å². The first kappa shape index (κ1) is 16.7. The second-order valence-corrected chi connectivity index (χ2v) is 6.10. The molecule has 0 fully saturated rings. The van der Waals surface area contributed by atoms with E-state index in [1.54, 1.807) is 0 Å². The second kappa shape index (κ2) is 9.51. The van der Waals surface area contributed by atoms with E-state index in [0.717, 1.165) is 24.1 Å². The Kier molecular flexibility index (Phi) is 8.35. The lowest BCUT2D eigenvalue weighted by Crippen LogP contribution is -2.39. The third-order valence-corrected chi connectivity index (χ3v) is 3.93. The first-order valence-electron chi connectivity index (χ1n) is 7.32. The van der Waals surface area contributed by atoms with Crippen LogP contribution in [0.15, 0.2) is 28.7 Å². The van der Waals surface area contributed by atoms with Gasteiger partial charge in [-0.25, -0.2) is 0 Å². The van der Waals surface area contributed by atoms with Crippen molar-refractivity contribution >= 4 is 15.9 Å². The summed E-state index contributed by atoms with van der Waals surface area (Å²) in [5.41, 5.74) is 1.38. The zero-order valence-electron chi connectivity index (χ0n) is 12.5. The molecule has 0 radical (unpaired) electrons. The van der Waals surface area contributed by atoms with Crippen LogP contribution in [0.5, 0.6) is 0 Å². The molecule has 0 aliphatic carbocycles. The standard InChI is InChI=1S/C16H27BrN2/c1-4-6-16(12-18-11-5-2)19(3)13-14-7-9-15(17)10-8-14/h7-10,16,18H,4-6,11-13H2,1-3H3. The van der Waals surface area contributed by atoms with E-state index in [1.807, 2.05) is 0 Å². The number of hydrogen-bond donors (Lipinski definition) is 1. The van der Waals surface area contributed by atoms with Gasteiger partial charge in [-0.2, -0.15) is 0 Å². The zero-order valence-corrected chi connectivity index (χ0v) is 14.0. The van der Waals surface area contributed by atoms with E-state index in [0.29, 0.717) is 6.04 Å². The molecular weight excluding hydrogens is 300 g/mol. The predicted molar refractivity (Wildman–Crippen MR) is 87.5 cm³/mol. The fourth-order valence-corrected chi connectivity index (χ4v) is 2.53. The maximum absolute atomic E-state index is 3.55. The topological polar surface area (TPSA) is 15.3 Å². The minimum atomic E-state index is 0.625. The molecule has 0 spiro atoms. The number of likely N-dealkylation sites (N-methyl/N-ethyl adjacent to an activating group) is 1. The van der Waals surface area contributed by atoms with Crippen LogP contribution in [0.2, 0.25) is 0 Å². The van der Waals surface area contributed by atoms with E-state index in [9.17, 15) is 0 Å². The van der Waals surface area contributed by atoms with Gasteiger partial charge in [0, 0.05) is 23.6 Å². The summed E-state index contributed by atoms with van der Waals surface area (Å²) in [6, 6.07) is 9.26. The summed E-state index contributed by atoms with van der Waals surface area (Å²) in [6.45, 7) is 7.71. The van der Waals surface area contributed by atoms with Crippen molar-refractivity contribution in [1.82, 2.24) is 10.2 Å². The quantitative estimate of drug-likeness (QED) is 0.689. The van der Waals surface area contributed by atoms with Crippen LogP contribution in [0, 0.1) is 0 Å². The smallest absolute Gasteiger partial charge is 0.0234 e. The van der Waals surface area contributed by atoms with Gasteiger partial charge in [-0.15, -0.1) is 0 Å². The molecule has 1 N–H and O–H groups in total. The monoisotopic (exact) mass is 326 g/mol. The van der Waals surface area contributed by atoms with Crippen molar-refractivity contribution in [3.63, 3.8) is 0 Å². The van der Waals surface area contributed by atoms with Gasteiger partial charge in [0.2, 0.25) is 0 Å². The number of hydrogen-bond acceptors (Lipinski definition) is 2. The summed E-state index contributed by atoms with van der Waals surface area (Å²) in [6.07, 6.45) is 3.70. The molecule has 19 heavy (non-hydrogen) atoms. The van der Waals surface area contributed by atoms with Crippen LogP contribution in [0.3, 0.4) is 0 Å². The number of benzene rings is 1. The van der Waals surface area contributed by atoms with E-state index in [-0.39, 0.29) is 0 Å². The highest BCUT2D eigenvalue weighted by Gasteiger charge is 2.13. The van der Waals surface area contributed by atoms with Gasteiger partial charge in [-0.3, -0.25) is 4.90 Å². The third-order valence-electron chi connectivity index (χ3n) is 3.40. The van der Waals surface area contributed by atoms with Gasteiger partial charge in [0.1, 0.15) is 0 Å². The molecule has 1 aromatic rings. The van der Waals surface area contributed by atoms with E-state index < -0.39 is 0 Å². The molecule has 0 aliphatic rings. The SMILES string of the molecule is CCCNCC(CCC)N(C)Cc1ccc(Br)cc1. The molecule has 0 aromatic heterocycles. The van der Waals surface area contributed by atoms with Gasteiger partial charge in [0.05, 0.1) is 0 Å². The molecule has 1 atom stereocenters. The molecule has 0 heterocycles. The maximum atomic E-state index is 3.55. The number of nitrogens with zero attached hydrogens (tertiary/aromatic N) is 1. The van der Waals surface area contributed by atoms with Crippen molar-refractivity contribution in [3.8, 4) is 0 Å². The van der Waals surface area contributed by atoms with Crippen LogP contribution in [0.25, 0.3) is 0 Å². The Morgan fingerprint density at radius 2 is 1.84 bits per heavy atom. The maximum Gasteiger partial charge on any atom is 0.0234 e. The molecule has 0 saturated heterocycles. The molecular formula is C16H27BrN2. The highest BCUT2D eigenvalue weighted by Crippen LogP contribution is 2.14. The average molecular weight is 327 g/mol. The Morgan fingerprint density at radius 1 is 1.16 bits per heavy atom. The van der Waals surface area contributed by atoms with Crippen molar-refractivity contribution in [1.29, 1.82) is 0 Å². The van der Waals surface area contributed by atoms with Gasteiger partial charge in [-0.05, 0) is 44.1 Å². The summed E-state index contributed by atoms with van der Waals surface area (Å²) in [5, 5.41) is 3.55. The van der Waals surface area contributed by atoms with Crippen LogP contribution >= 0.6 is 15.9 Å². The largest absolute Gasteiger partial charge is 0.315 e. The minimum Gasteiger partial charge on any atom is -0.315 e. The summed E-state index contributed by atoms with van der Waals surface area (Å²) in [4.78, 5) is 2.47. The van der Waals surface area contributed by atoms with Crippen molar-refractivity contribution in [2.24, 2.45) is 0 Å². The molecule has 0 bridgehead atoms. The van der Waals surface area contributed by atoms with E-state index >= 15 is 0 Å². The molecule has 108 valence electrons. The lowest BCUT2D eigenvalue weighted by atomic mass is 10.1. The van der Waals surface area contributed by atoms with Gasteiger partial charge < -0.3 is 5.32 Å². The van der Waals surface area contributed by atoms with E-state index in [2.05, 4.69) is 71.3 Å². The number of halogens is 1. The van der Waals surface area contributed by atoms with Crippen molar-refractivity contribution < 1.29 is 0 Å². The highest BCUT2D eigenvalue weighted by molar-refractivity contribution is 9.10. The first-order chi connectivity index (χ1) is 9.17. The average Bonchev–Trinajstić information content (AvgIpc) is 2.40. The first-order valence-corrected chi connectivity index (χ1v) is 8.12.